The molecule has 0 bridgehead atoms. The molecule has 158 valence electrons. The van der Waals surface area contributed by atoms with Crippen molar-refractivity contribution in [3.8, 4) is 5.69 Å². The van der Waals surface area contributed by atoms with Crippen molar-refractivity contribution in [1.29, 1.82) is 0 Å². The number of para-hydroxylation sites is 1. The van der Waals surface area contributed by atoms with Crippen LogP contribution in [0, 0.1) is 0 Å². The Balaban J connectivity index is 1.74. The van der Waals surface area contributed by atoms with Gasteiger partial charge >= 0.3 is 0 Å². The Morgan fingerprint density at radius 2 is 1.57 bits per heavy atom. The zero-order chi connectivity index (χ0) is 21.9. The number of nitrogens with one attached hydrogen (secondary N) is 1. The molecule has 0 spiro atoms. The lowest BCUT2D eigenvalue weighted by Gasteiger charge is -2.26. The van der Waals surface area contributed by atoms with Gasteiger partial charge in [0.25, 0.3) is 0 Å². The van der Waals surface area contributed by atoms with E-state index in [-0.39, 0.29) is 22.5 Å². The molecule has 0 saturated carbocycles. The van der Waals surface area contributed by atoms with Crippen LogP contribution in [0.15, 0.2) is 53.7 Å². The van der Waals surface area contributed by atoms with Gasteiger partial charge < -0.3 is 5.32 Å². The second-order valence-electron chi connectivity index (χ2n) is 9.34. The van der Waals surface area contributed by atoms with Crippen LogP contribution in [0.4, 0.5) is 5.69 Å². The van der Waals surface area contributed by atoms with Crippen LogP contribution in [0.2, 0.25) is 0 Å². The van der Waals surface area contributed by atoms with E-state index in [1.54, 1.807) is 4.68 Å². The first-order valence-electron chi connectivity index (χ1n) is 9.96. The maximum absolute atomic E-state index is 12.7. The van der Waals surface area contributed by atoms with E-state index in [0.29, 0.717) is 5.16 Å². The number of rotatable bonds is 5. The largest absolute Gasteiger partial charge is 0.325 e. The van der Waals surface area contributed by atoms with E-state index >= 15 is 0 Å². The number of benzene rings is 2. The van der Waals surface area contributed by atoms with Crippen LogP contribution >= 0.6 is 11.8 Å². The monoisotopic (exact) mass is 423 g/mol. The Bertz CT molecular complexity index is 984. The number of carbonyl (C=O) groups is 1. The molecule has 3 rings (SSSR count). The molecule has 30 heavy (non-hydrogen) atoms. The van der Waals surface area contributed by atoms with E-state index in [1.807, 2.05) is 30.3 Å². The number of hydrogen-bond acceptors (Lipinski definition) is 5. The molecular formula is C23H29N5OS. The Morgan fingerprint density at radius 1 is 0.967 bits per heavy atom. The summed E-state index contributed by atoms with van der Waals surface area (Å²) in [5.74, 6) is 0.131. The third-order valence-corrected chi connectivity index (χ3v) is 5.64. The Morgan fingerprint density at radius 3 is 2.13 bits per heavy atom. The standard InChI is InChI=1S/C23H29N5OS/c1-22(2,3)16-12-17(23(4,5)6)14-18(13-16)24-20(29)15-30-21-25-26-27-28(21)19-10-8-7-9-11-19/h7-14H,15H2,1-6H3,(H,24,29). The summed E-state index contributed by atoms with van der Waals surface area (Å²) < 4.78 is 1.63. The SMILES string of the molecule is CC(C)(C)c1cc(NC(=O)CSc2nnnn2-c2ccccc2)cc(C(C)(C)C)c1. The molecule has 0 saturated heterocycles. The Labute approximate surface area is 182 Å². The summed E-state index contributed by atoms with van der Waals surface area (Å²) in [6, 6.07) is 16.0. The highest BCUT2D eigenvalue weighted by molar-refractivity contribution is 7.99. The molecule has 1 N–H and O–H groups in total. The number of tetrazole rings is 1. The minimum absolute atomic E-state index is 0.00669. The van der Waals surface area contributed by atoms with Gasteiger partial charge in [0.1, 0.15) is 0 Å². The van der Waals surface area contributed by atoms with Crippen molar-refractivity contribution in [2.24, 2.45) is 0 Å². The van der Waals surface area contributed by atoms with Crippen LogP contribution in [0.5, 0.6) is 0 Å². The predicted octanol–water partition coefficient (Wildman–Crippen LogP) is 4.99. The van der Waals surface area contributed by atoms with E-state index in [9.17, 15) is 4.79 Å². The fraction of sp³-hybridized carbons (Fsp3) is 0.391. The van der Waals surface area contributed by atoms with Crippen molar-refractivity contribution in [3.63, 3.8) is 0 Å². The highest BCUT2D eigenvalue weighted by Crippen LogP contribution is 2.32. The average molecular weight is 424 g/mol. The molecule has 0 unspecified atom stereocenters. The van der Waals surface area contributed by atoms with Crippen molar-refractivity contribution in [2.75, 3.05) is 11.1 Å². The molecule has 3 aromatic rings. The predicted molar refractivity (Wildman–Crippen MR) is 122 cm³/mol. The van der Waals surface area contributed by atoms with Crippen molar-refractivity contribution >= 4 is 23.4 Å². The van der Waals surface area contributed by atoms with Gasteiger partial charge in [0.05, 0.1) is 11.4 Å². The van der Waals surface area contributed by atoms with Crippen LogP contribution in [-0.2, 0) is 15.6 Å². The lowest BCUT2D eigenvalue weighted by Crippen LogP contribution is -2.19. The molecule has 1 aromatic heterocycles. The number of aromatic nitrogens is 4. The topological polar surface area (TPSA) is 72.7 Å². The zero-order valence-electron chi connectivity index (χ0n) is 18.4. The number of thioether (sulfide) groups is 1. The molecule has 1 heterocycles. The van der Waals surface area contributed by atoms with Crippen molar-refractivity contribution in [1.82, 2.24) is 20.2 Å². The van der Waals surface area contributed by atoms with Crippen LogP contribution < -0.4 is 5.32 Å². The van der Waals surface area contributed by atoms with Crippen molar-refractivity contribution < 1.29 is 4.79 Å². The number of amides is 1. The smallest absolute Gasteiger partial charge is 0.234 e. The van der Waals surface area contributed by atoms with Crippen LogP contribution in [0.3, 0.4) is 0 Å². The van der Waals surface area contributed by atoms with Gasteiger partial charge in [-0.3, -0.25) is 4.79 Å². The quantitative estimate of drug-likeness (QED) is 0.586. The van der Waals surface area contributed by atoms with Crippen LogP contribution in [0.25, 0.3) is 5.69 Å². The fourth-order valence-corrected chi connectivity index (χ4v) is 3.58. The minimum Gasteiger partial charge on any atom is -0.325 e. The number of nitrogens with zero attached hydrogens (tertiary/aromatic N) is 4. The molecule has 1 amide bonds. The van der Waals surface area contributed by atoms with Gasteiger partial charge in [-0.05, 0) is 56.6 Å². The molecular weight excluding hydrogens is 394 g/mol. The van der Waals surface area contributed by atoms with E-state index < -0.39 is 0 Å². The van der Waals surface area contributed by atoms with Gasteiger partial charge in [0.2, 0.25) is 11.1 Å². The second kappa shape index (κ2) is 8.60. The molecule has 0 aliphatic heterocycles. The maximum atomic E-state index is 12.7. The minimum atomic E-state index is -0.0893. The fourth-order valence-electron chi connectivity index (χ4n) is 2.89. The molecule has 0 aliphatic carbocycles. The summed E-state index contributed by atoms with van der Waals surface area (Å²) in [5, 5.41) is 15.5. The molecule has 2 aromatic carbocycles. The van der Waals surface area contributed by atoms with Crippen molar-refractivity contribution in [2.45, 2.75) is 57.5 Å². The average Bonchev–Trinajstić information content (AvgIpc) is 3.14. The lowest BCUT2D eigenvalue weighted by molar-refractivity contribution is -0.113. The number of carbonyl (C=O) groups excluding carboxylic acids is 1. The van der Waals surface area contributed by atoms with Gasteiger partial charge in [-0.2, -0.15) is 4.68 Å². The summed E-state index contributed by atoms with van der Waals surface area (Å²) >= 11 is 1.31. The number of anilines is 1. The first kappa shape index (κ1) is 22.0. The summed E-state index contributed by atoms with van der Waals surface area (Å²) in [4.78, 5) is 12.7. The molecule has 0 radical (unpaired) electrons. The van der Waals surface area contributed by atoms with Gasteiger partial charge in [0.15, 0.2) is 0 Å². The molecule has 0 fully saturated rings. The molecule has 0 atom stereocenters. The van der Waals surface area contributed by atoms with Gasteiger partial charge in [-0.25, -0.2) is 0 Å². The third kappa shape index (κ3) is 5.48. The van der Waals surface area contributed by atoms with Gasteiger partial charge in [-0.1, -0.05) is 77.6 Å². The highest BCUT2D eigenvalue weighted by atomic mass is 32.2. The van der Waals surface area contributed by atoms with Gasteiger partial charge in [-0.15, -0.1) is 5.10 Å². The summed E-state index contributed by atoms with van der Waals surface area (Å²) in [7, 11) is 0. The van der Waals surface area contributed by atoms with Crippen molar-refractivity contribution in [3.05, 3.63) is 59.7 Å². The summed E-state index contributed by atoms with van der Waals surface area (Å²) in [6.45, 7) is 13.1. The number of hydrogen-bond donors (Lipinski definition) is 1. The Hall–Kier alpha value is -2.67. The van der Waals surface area contributed by atoms with Crippen LogP contribution in [0.1, 0.15) is 52.7 Å². The van der Waals surface area contributed by atoms with Gasteiger partial charge in [0, 0.05) is 5.69 Å². The highest BCUT2D eigenvalue weighted by Gasteiger charge is 2.21. The first-order valence-corrected chi connectivity index (χ1v) is 10.9. The lowest BCUT2D eigenvalue weighted by atomic mass is 9.80. The van der Waals surface area contributed by atoms with E-state index in [4.69, 9.17) is 0 Å². The molecule has 7 heteroatoms. The summed E-state index contributed by atoms with van der Waals surface area (Å²) in [6.07, 6.45) is 0. The van der Waals surface area contributed by atoms with E-state index in [0.717, 1.165) is 11.4 Å². The van der Waals surface area contributed by atoms with E-state index in [1.165, 1.54) is 22.9 Å². The van der Waals surface area contributed by atoms with Crippen LogP contribution in [-0.4, -0.2) is 31.9 Å². The third-order valence-electron chi connectivity index (χ3n) is 4.72. The Kier molecular flexibility index (Phi) is 6.31. The second-order valence-corrected chi connectivity index (χ2v) is 10.3. The molecule has 0 aliphatic rings. The van der Waals surface area contributed by atoms with E-state index in [2.05, 4.69) is 80.6 Å². The summed E-state index contributed by atoms with van der Waals surface area (Å²) in [5.41, 5.74) is 4.07. The normalized spacial score (nSPS) is 12.1. The zero-order valence-corrected chi connectivity index (χ0v) is 19.2. The maximum Gasteiger partial charge on any atom is 0.234 e. The first-order chi connectivity index (χ1) is 14.0. The molecule has 6 nitrogen and oxygen atoms in total.